The fraction of sp³-hybridized carbons (Fsp3) is 1.00. The molecule has 102 valence electrons. The number of nitrogens with zero attached hydrogens (tertiary/aromatic N) is 1. The van der Waals surface area contributed by atoms with Crippen LogP contribution in [0.5, 0.6) is 0 Å². The Labute approximate surface area is 108 Å². The maximum absolute atomic E-state index is 6.01. The van der Waals surface area contributed by atoms with E-state index >= 15 is 0 Å². The van der Waals surface area contributed by atoms with Crippen molar-refractivity contribution in [2.24, 2.45) is 23.5 Å². The molecule has 0 saturated heterocycles. The average Bonchev–Trinajstić information content (AvgIpc) is 2.32. The number of likely N-dealkylation sites (N-methyl/N-ethyl adjacent to an activating group) is 1. The predicted octanol–water partition coefficient (Wildman–Crippen LogP) is 3.12. The second-order valence-electron chi connectivity index (χ2n) is 6.28. The summed E-state index contributed by atoms with van der Waals surface area (Å²) >= 11 is 0. The molecule has 0 aromatic carbocycles. The van der Waals surface area contributed by atoms with Crippen molar-refractivity contribution in [3.8, 4) is 0 Å². The summed E-state index contributed by atoms with van der Waals surface area (Å²) in [4.78, 5) is 2.52. The van der Waals surface area contributed by atoms with E-state index in [1.165, 1.54) is 38.6 Å². The molecule has 0 bridgehead atoms. The van der Waals surface area contributed by atoms with Gasteiger partial charge in [0.05, 0.1) is 0 Å². The molecule has 17 heavy (non-hydrogen) atoms. The van der Waals surface area contributed by atoms with Gasteiger partial charge in [0.1, 0.15) is 0 Å². The molecular weight excluding hydrogens is 208 g/mol. The van der Waals surface area contributed by atoms with Gasteiger partial charge in [-0.15, -0.1) is 0 Å². The molecule has 1 saturated carbocycles. The Morgan fingerprint density at radius 3 is 2.29 bits per heavy atom. The fourth-order valence-corrected chi connectivity index (χ4v) is 3.16. The van der Waals surface area contributed by atoms with Crippen LogP contribution in [-0.2, 0) is 0 Å². The van der Waals surface area contributed by atoms with Crippen LogP contribution < -0.4 is 5.73 Å². The first-order chi connectivity index (χ1) is 8.08. The molecule has 0 spiro atoms. The lowest BCUT2D eigenvalue weighted by Crippen LogP contribution is -2.46. The Hall–Kier alpha value is -0.0800. The van der Waals surface area contributed by atoms with Gasteiger partial charge >= 0.3 is 0 Å². The van der Waals surface area contributed by atoms with E-state index in [1.807, 2.05) is 0 Å². The molecule has 0 heterocycles. The molecule has 2 unspecified atom stereocenters. The van der Waals surface area contributed by atoms with E-state index in [-0.39, 0.29) is 0 Å². The van der Waals surface area contributed by atoms with E-state index in [2.05, 4.69) is 32.7 Å². The van der Waals surface area contributed by atoms with E-state index in [9.17, 15) is 0 Å². The number of rotatable bonds is 6. The van der Waals surface area contributed by atoms with Gasteiger partial charge in [-0.05, 0) is 37.6 Å². The molecule has 2 heteroatoms. The molecule has 0 amide bonds. The van der Waals surface area contributed by atoms with E-state index in [4.69, 9.17) is 5.73 Å². The predicted molar refractivity (Wildman–Crippen MR) is 76.0 cm³/mol. The van der Waals surface area contributed by atoms with Crippen molar-refractivity contribution < 1.29 is 0 Å². The van der Waals surface area contributed by atoms with Crippen molar-refractivity contribution in [1.29, 1.82) is 0 Å². The Morgan fingerprint density at radius 2 is 1.82 bits per heavy atom. The third kappa shape index (κ3) is 4.59. The van der Waals surface area contributed by atoms with Gasteiger partial charge in [0, 0.05) is 19.1 Å². The largest absolute Gasteiger partial charge is 0.329 e. The second kappa shape index (κ2) is 7.38. The van der Waals surface area contributed by atoms with E-state index < -0.39 is 0 Å². The third-order valence-electron chi connectivity index (χ3n) is 4.71. The molecule has 0 aliphatic heterocycles. The van der Waals surface area contributed by atoms with Crippen LogP contribution in [-0.4, -0.2) is 31.1 Å². The summed E-state index contributed by atoms with van der Waals surface area (Å²) in [7, 11) is 2.27. The van der Waals surface area contributed by atoms with Crippen LogP contribution in [0.2, 0.25) is 0 Å². The summed E-state index contributed by atoms with van der Waals surface area (Å²) in [5.74, 6) is 2.56. The highest BCUT2D eigenvalue weighted by molar-refractivity contribution is 4.83. The first kappa shape index (κ1) is 15.0. The Kier molecular flexibility index (Phi) is 6.50. The van der Waals surface area contributed by atoms with Crippen molar-refractivity contribution in [2.75, 3.05) is 20.1 Å². The molecule has 2 N–H and O–H groups in total. The van der Waals surface area contributed by atoms with Crippen LogP contribution in [0.4, 0.5) is 0 Å². The van der Waals surface area contributed by atoms with Crippen molar-refractivity contribution in [3.63, 3.8) is 0 Å². The molecule has 0 radical (unpaired) electrons. The number of nitrogens with two attached hydrogens (primary N) is 1. The zero-order chi connectivity index (χ0) is 12.8. The first-order valence-corrected chi connectivity index (χ1v) is 7.48. The maximum Gasteiger partial charge on any atom is 0.0243 e. The smallest absolute Gasteiger partial charge is 0.0243 e. The zero-order valence-electron chi connectivity index (χ0n) is 12.3. The summed E-state index contributed by atoms with van der Waals surface area (Å²) in [6.07, 6.45) is 6.84. The minimum atomic E-state index is 0.608. The summed E-state index contributed by atoms with van der Waals surface area (Å²) in [5.41, 5.74) is 6.01. The van der Waals surface area contributed by atoms with Crippen LogP contribution in [0.25, 0.3) is 0 Å². The van der Waals surface area contributed by atoms with E-state index in [1.54, 1.807) is 0 Å². The van der Waals surface area contributed by atoms with Crippen molar-refractivity contribution in [2.45, 2.75) is 58.9 Å². The molecule has 2 atom stereocenters. The summed E-state index contributed by atoms with van der Waals surface area (Å²) in [5, 5.41) is 0. The van der Waals surface area contributed by atoms with Crippen LogP contribution in [0.15, 0.2) is 0 Å². The molecular formula is C15H32N2. The summed E-state index contributed by atoms with van der Waals surface area (Å²) in [6, 6.07) is 0.608. The van der Waals surface area contributed by atoms with Crippen LogP contribution in [0.3, 0.4) is 0 Å². The van der Waals surface area contributed by atoms with E-state index in [0.29, 0.717) is 6.04 Å². The molecule has 1 aliphatic carbocycles. The van der Waals surface area contributed by atoms with Gasteiger partial charge in [-0.25, -0.2) is 0 Å². The molecule has 1 rings (SSSR count). The highest BCUT2D eigenvalue weighted by Gasteiger charge is 2.28. The monoisotopic (exact) mass is 240 g/mol. The normalized spacial score (nSPS) is 29.3. The van der Waals surface area contributed by atoms with Crippen molar-refractivity contribution in [3.05, 3.63) is 0 Å². The lowest BCUT2D eigenvalue weighted by Gasteiger charge is -2.38. The number of hydrogen-bond acceptors (Lipinski definition) is 2. The summed E-state index contributed by atoms with van der Waals surface area (Å²) in [6.45, 7) is 9.03. The standard InChI is InChI=1S/C15H32N2/c1-5-12(2)11-17(4)15(10-16)14-8-6-13(3)7-9-14/h12-15H,5-11,16H2,1-4H3. The van der Waals surface area contributed by atoms with Gasteiger partial charge in [0.25, 0.3) is 0 Å². The first-order valence-electron chi connectivity index (χ1n) is 7.48. The third-order valence-corrected chi connectivity index (χ3v) is 4.71. The quantitative estimate of drug-likeness (QED) is 0.773. The number of hydrogen-bond donors (Lipinski definition) is 1. The van der Waals surface area contributed by atoms with Crippen molar-refractivity contribution >= 4 is 0 Å². The van der Waals surface area contributed by atoms with E-state index in [0.717, 1.165) is 24.3 Å². The van der Waals surface area contributed by atoms with Gasteiger partial charge in [0.2, 0.25) is 0 Å². The fourth-order valence-electron chi connectivity index (χ4n) is 3.16. The van der Waals surface area contributed by atoms with Gasteiger partial charge < -0.3 is 10.6 Å². The van der Waals surface area contributed by atoms with Gasteiger partial charge in [0.15, 0.2) is 0 Å². The molecule has 1 aliphatic rings. The molecule has 0 aromatic rings. The molecule has 0 aromatic heterocycles. The SMILES string of the molecule is CCC(C)CN(C)C(CN)C1CCC(C)CC1. The van der Waals surface area contributed by atoms with Crippen LogP contribution in [0.1, 0.15) is 52.9 Å². The van der Waals surface area contributed by atoms with Gasteiger partial charge in [-0.3, -0.25) is 0 Å². The second-order valence-corrected chi connectivity index (χ2v) is 6.28. The maximum atomic E-state index is 6.01. The Balaban J connectivity index is 2.46. The van der Waals surface area contributed by atoms with Crippen molar-refractivity contribution in [1.82, 2.24) is 4.90 Å². The lowest BCUT2D eigenvalue weighted by atomic mass is 9.78. The molecule has 1 fully saturated rings. The molecule has 2 nitrogen and oxygen atoms in total. The minimum absolute atomic E-state index is 0.608. The Bertz CT molecular complexity index is 197. The average molecular weight is 240 g/mol. The summed E-state index contributed by atoms with van der Waals surface area (Å²) < 4.78 is 0. The van der Waals surface area contributed by atoms with Gasteiger partial charge in [-0.1, -0.05) is 40.0 Å². The highest BCUT2D eigenvalue weighted by atomic mass is 15.1. The Morgan fingerprint density at radius 1 is 1.24 bits per heavy atom. The van der Waals surface area contributed by atoms with Crippen LogP contribution >= 0.6 is 0 Å². The zero-order valence-corrected chi connectivity index (χ0v) is 12.3. The topological polar surface area (TPSA) is 29.3 Å². The highest BCUT2D eigenvalue weighted by Crippen LogP contribution is 2.32. The minimum Gasteiger partial charge on any atom is -0.329 e. The van der Waals surface area contributed by atoms with Crippen LogP contribution in [0, 0.1) is 17.8 Å². The van der Waals surface area contributed by atoms with Gasteiger partial charge in [-0.2, -0.15) is 0 Å². The lowest BCUT2D eigenvalue weighted by molar-refractivity contribution is 0.122.